The number of carbonyl (C=O) groups is 1. The maximum atomic E-state index is 13.3. The van der Waals surface area contributed by atoms with E-state index in [2.05, 4.69) is 4.98 Å². The number of carbonyl (C=O) groups excluding carboxylic acids is 1. The zero-order chi connectivity index (χ0) is 15.4. The van der Waals surface area contributed by atoms with Gasteiger partial charge in [-0.1, -0.05) is 6.07 Å². The smallest absolute Gasteiger partial charge is 0.280 e. The molecule has 0 aliphatic heterocycles. The Balaban J connectivity index is 2.51. The van der Waals surface area contributed by atoms with E-state index >= 15 is 0 Å². The Hall–Kier alpha value is -3.14. The lowest BCUT2D eigenvalue weighted by atomic mass is 9.94. The highest BCUT2D eigenvalue weighted by molar-refractivity contribution is 6.05. The number of hydrogen-bond donors (Lipinski definition) is 0. The molecule has 0 radical (unpaired) electrons. The number of nitriles is 1. The van der Waals surface area contributed by atoms with Crippen LogP contribution in [-0.2, 0) is 0 Å². The van der Waals surface area contributed by atoms with Crippen molar-refractivity contribution in [1.82, 2.24) is 4.98 Å². The van der Waals surface area contributed by atoms with Crippen molar-refractivity contribution in [1.29, 1.82) is 5.26 Å². The Bertz CT molecular complexity index is 741. The summed E-state index contributed by atoms with van der Waals surface area (Å²) in [5.74, 6) is -2.98. The molecule has 1 heterocycles. The third-order valence-corrected chi connectivity index (χ3v) is 2.80. The quantitative estimate of drug-likeness (QED) is 0.488. The Morgan fingerprint density at radius 2 is 2.14 bits per heavy atom. The lowest BCUT2D eigenvalue weighted by Gasteiger charge is -2.08. The summed E-state index contributed by atoms with van der Waals surface area (Å²) in [6.07, 6.45) is 1.40. The molecule has 0 aliphatic carbocycles. The van der Waals surface area contributed by atoms with E-state index in [0.29, 0.717) is 0 Å². The summed E-state index contributed by atoms with van der Waals surface area (Å²) in [6.45, 7) is 0. The molecule has 1 aromatic heterocycles. The summed E-state index contributed by atoms with van der Waals surface area (Å²) in [5, 5.41) is 20.1. The van der Waals surface area contributed by atoms with E-state index in [1.807, 2.05) is 0 Å². The van der Waals surface area contributed by atoms with Crippen molar-refractivity contribution >= 4 is 11.5 Å². The first-order valence-electron chi connectivity index (χ1n) is 5.83. The molecule has 1 atom stereocenters. The van der Waals surface area contributed by atoms with E-state index in [9.17, 15) is 19.3 Å². The van der Waals surface area contributed by atoms with Gasteiger partial charge in [0.15, 0.2) is 11.7 Å². The molecule has 0 saturated heterocycles. The Morgan fingerprint density at radius 1 is 1.38 bits per heavy atom. The van der Waals surface area contributed by atoms with Gasteiger partial charge in [0.2, 0.25) is 0 Å². The van der Waals surface area contributed by atoms with Crippen molar-refractivity contribution < 1.29 is 14.1 Å². The third-order valence-electron chi connectivity index (χ3n) is 2.80. The molecule has 0 fully saturated rings. The van der Waals surface area contributed by atoms with Gasteiger partial charge in [-0.2, -0.15) is 5.26 Å². The van der Waals surface area contributed by atoms with Crippen LogP contribution in [0.1, 0.15) is 22.0 Å². The van der Waals surface area contributed by atoms with Crippen molar-refractivity contribution in [2.45, 2.75) is 5.92 Å². The minimum atomic E-state index is -1.33. The molecule has 2 aromatic rings. The molecule has 0 saturated carbocycles. The average molecular weight is 285 g/mol. The van der Waals surface area contributed by atoms with Gasteiger partial charge >= 0.3 is 0 Å². The fraction of sp³-hybridized carbons (Fsp3) is 0.0714. The average Bonchev–Trinajstić information content (AvgIpc) is 2.48. The normalized spacial score (nSPS) is 11.4. The summed E-state index contributed by atoms with van der Waals surface area (Å²) in [4.78, 5) is 26.3. The Labute approximate surface area is 118 Å². The Morgan fingerprint density at radius 3 is 2.71 bits per heavy atom. The zero-order valence-electron chi connectivity index (χ0n) is 10.6. The third kappa shape index (κ3) is 2.90. The monoisotopic (exact) mass is 285 g/mol. The number of nitro benzene ring substituents is 1. The first-order chi connectivity index (χ1) is 10.0. The second-order valence-electron chi connectivity index (χ2n) is 4.10. The summed E-state index contributed by atoms with van der Waals surface area (Å²) < 4.78 is 13.3. The lowest BCUT2D eigenvalue weighted by Crippen LogP contribution is -2.14. The van der Waals surface area contributed by atoms with E-state index in [4.69, 9.17) is 5.26 Å². The van der Waals surface area contributed by atoms with Gasteiger partial charge in [-0.3, -0.25) is 19.9 Å². The number of nitro groups is 1. The molecular formula is C14H8FN3O3. The fourth-order valence-corrected chi connectivity index (χ4v) is 1.83. The topological polar surface area (TPSA) is 96.9 Å². The summed E-state index contributed by atoms with van der Waals surface area (Å²) >= 11 is 0. The number of Topliss-reactive ketones (excluding diaryl/α,β-unsaturated/α-hetero) is 1. The summed E-state index contributed by atoms with van der Waals surface area (Å²) in [5.41, 5.74) is -0.835. The predicted octanol–water partition coefficient (Wildman–Crippen LogP) is 2.62. The number of benzene rings is 1. The van der Waals surface area contributed by atoms with Gasteiger partial charge < -0.3 is 0 Å². The van der Waals surface area contributed by atoms with Crippen LogP contribution < -0.4 is 0 Å². The first-order valence-corrected chi connectivity index (χ1v) is 5.83. The second-order valence-corrected chi connectivity index (χ2v) is 4.10. The van der Waals surface area contributed by atoms with Crippen LogP contribution in [0.2, 0.25) is 0 Å². The Kier molecular flexibility index (Phi) is 4.00. The molecule has 0 N–H and O–H groups in total. The van der Waals surface area contributed by atoms with Crippen molar-refractivity contribution in [3.05, 3.63) is 69.8 Å². The molecule has 0 aliphatic rings. The standard InChI is InChI=1S/C14H8FN3O3/c15-9-4-5-13(18(20)21)10(7-9)14(19)11(8-16)12-3-1-2-6-17-12/h1-7,11H. The number of ketones is 1. The summed E-state index contributed by atoms with van der Waals surface area (Å²) in [6, 6.07) is 8.93. The first kappa shape index (κ1) is 14.3. The minimum absolute atomic E-state index is 0.156. The minimum Gasteiger partial charge on any atom is -0.292 e. The molecule has 2 rings (SSSR count). The van der Waals surface area contributed by atoms with Crippen molar-refractivity contribution in [3.8, 4) is 6.07 Å². The van der Waals surface area contributed by atoms with Crippen LogP contribution in [0, 0.1) is 27.3 Å². The van der Waals surface area contributed by atoms with Crippen LogP contribution in [0.25, 0.3) is 0 Å². The zero-order valence-corrected chi connectivity index (χ0v) is 10.6. The van der Waals surface area contributed by atoms with Crippen molar-refractivity contribution in [2.75, 3.05) is 0 Å². The van der Waals surface area contributed by atoms with Crippen LogP contribution in [0.15, 0.2) is 42.6 Å². The SMILES string of the molecule is N#CC(C(=O)c1cc(F)ccc1[N+](=O)[O-])c1ccccn1. The number of halogens is 1. The molecule has 1 unspecified atom stereocenters. The number of aromatic nitrogens is 1. The molecule has 6 nitrogen and oxygen atoms in total. The van der Waals surface area contributed by atoms with E-state index in [0.717, 1.165) is 18.2 Å². The van der Waals surface area contributed by atoms with E-state index in [1.165, 1.54) is 12.3 Å². The lowest BCUT2D eigenvalue weighted by molar-refractivity contribution is -0.385. The van der Waals surface area contributed by atoms with Gasteiger partial charge in [0.1, 0.15) is 5.82 Å². The van der Waals surface area contributed by atoms with Crippen molar-refractivity contribution in [2.24, 2.45) is 0 Å². The maximum Gasteiger partial charge on any atom is 0.280 e. The second kappa shape index (κ2) is 5.88. The molecule has 104 valence electrons. The summed E-state index contributed by atoms with van der Waals surface area (Å²) in [7, 11) is 0. The molecule has 7 heteroatoms. The van der Waals surface area contributed by atoms with E-state index in [1.54, 1.807) is 18.2 Å². The van der Waals surface area contributed by atoms with Crippen LogP contribution >= 0.6 is 0 Å². The van der Waals surface area contributed by atoms with E-state index in [-0.39, 0.29) is 5.69 Å². The molecule has 1 aromatic carbocycles. The number of hydrogen-bond acceptors (Lipinski definition) is 5. The largest absolute Gasteiger partial charge is 0.292 e. The van der Waals surface area contributed by atoms with Crippen molar-refractivity contribution in [3.63, 3.8) is 0 Å². The fourth-order valence-electron chi connectivity index (χ4n) is 1.83. The molecule has 0 amide bonds. The number of pyridine rings is 1. The highest BCUT2D eigenvalue weighted by Gasteiger charge is 2.29. The molecular weight excluding hydrogens is 277 g/mol. The highest BCUT2D eigenvalue weighted by Crippen LogP contribution is 2.26. The number of nitrogens with zero attached hydrogens (tertiary/aromatic N) is 3. The van der Waals surface area contributed by atoms with Gasteiger partial charge in [0.25, 0.3) is 5.69 Å². The van der Waals surface area contributed by atoms with Gasteiger partial charge in [-0.15, -0.1) is 0 Å². The maximum absolute atomic E-state index is 13.3. The molecule has 21 heavy (non-hydrogen) atoms. The van der Waals surface area contributed by atoms with Gasteiger partial charge in [-0.25, -0.2) is 4.39 Å². The van der Waals surface area contributed by atoms with Crippen LogP contribution in [-0.4, -0.2) is 15.7 Å². The van der Waals surface area contributed by atoms with Gasteiger partial charge in [0, 0.05) is 12.3 Å². The van der Waals surface area contributed by atoms with E-state index < -0.39 is 33.7 Å². The van der Waals surface area contributed by atoms with Gasteiger partial charge in [0.05, 0.1) is 22.2 Å². The predicted molar refractivity (Wildman–Crippen MR) is 70.0 cm³/mol. The van der Waals surface area contributed by atoms with Crippen LogP contribution in [0.3, 0.4) is 0 Å². The van der Waals surface area contributed by atoms with Gasteiger partial charge in [-0.05, 0) is 24.3 Å². The molecule has 0 spiro atoms. The number of rotatable bonds is 4. The molecule has 0 bridgehead atoms. The van der Waals surface area contributed by atoms with Crippen LogP contribution in [0.5, 0.6) is 0 Å². The van der Waals surface area contributed by atoms with Crippen LogP contribution in [0.4, 0.5) is 10.1 Å². The highest BCUT2D eigenvalue weighted by atomic mass is 19.1.